The summed E-state index contributed by atoms with van der Waals surface area (Å²) in [4.78, 5) is 15.8. The largest absolute Gasteiger partial charge is 0.349 e. The summed E-state index contributed by atoms with van der Waals surface area (Å²) in [6, 6.07) is 3.83. The lowest BCUT2D eigenvalue weighted by Gasteiger charge is -2.26. The van der Waals surface area contributed by atoms with E-state index in [-0.39, 0.29) is 18.3 Å². The first-order valence-electron chi connectivity index (χ1n) is 5.25. The van der Waals surface area contributed by atoms with E-state index in [4.69, 9.17) is 5.73 Å². The molecule has 0 unspecified atom stereocenters. The first-order chi connectivity index (χ1) is 7.29. The summed E-state index contributed by atoms with van der Waals surface area (Å²) >= 11 is 0. The Balaban J connectivity index is 0.00000128. The summed E-state index contributed by atoms with van der Waals surface area (Å²) in [6.45, 7) is 0.366. The molecule has 1 heterocycles. The Labute approximate surface area is 101 Å². The summed E-state index contributed by atoms with van der Waals surface area (Å²) in [5.41, 5.74) is 6.86. The van der Waals surface area contributed by atoms with E-state index in [1.54, 1.807) is 18.3 Å². The molecule has 1 fully saturated rings. The molecular weight excluding hydrogens is 226 g/mol. The van der Waals surface area contributed by atoms with Gasteiger partial charge in [-0.05, 0) is 31.4 Å². The average molecular weight is 242 g/mol. The Morgan fingerprint density at radius 2 is 2.31 bits per heavy atom. The summed E-state index contributed by atoms with van der Waals surface area (Å²) in [5.74, 6) is -0.0169. The second-order valence-electron chi connectivity index (χ2n) is 3.84. The number of aromatic nitrogens is 1. The van der Waals surface area contributed by atoms with Crippen molar-refractivity contribution in [3.63, 3.8) is 0 Å². The lowest BCUT2D eigenvalue weighted by Crippen LogP contribution is -2.39. The van der Waals surface area contributed by atoms with Gasteiger partial charge in [-0.25, -0.2) is 0 Å². The van der Waals surface area contributed by atoms with E-state index in [0.29, 0.717) is 18.2 Å². The monoisotopic (exact) mass is 241 g/mol. The van der Waals surface area contributed by atoms with Gasteiger partial charge in [-0.1, -0.05) is 0 Å². The van der Waals surface area contributed by atoms with Crippen LogP contribution in [0.3, 0.4) is 0 Å². The quantitative estimate of drug-likeness (QED) is 0.837. The molecule has 1 aromatic heterocycles. The Morgan fingerprint density at radius 1 is 1.56 bits per heavy atom. The topological polar surface area (TPSA) is 68.0 Å². The van der Waals surface area contributed by atoms with Crippen molar-refractivity contribution >= 4 is 18.3 Å². The van der Waals surface area contributed by atoms with Gasteiger partial charge in [0.05, 0.1) is 5.69 Å². The smallest absolute Gasteiger partial charge is 0.251 e. The predicted molar refractivity (Wildman–Crippen MR) is 64.5 cm³/mol. The molecule has 4 nitrogen and oxygen atoms in total. The van der Waals surface area contributed by atoms with Crippen molar-refractivity contribution < 1.29 is 4.79 Å². The first kappa shape index (κ1) is 12.9. The summed E-state index contributed by atoms with van der Waals surface area (Å²) < 4.78 is 0. The van der Waals surface area contributed by atoms with E-state index in [9.17, 15) is 4.79 Å². The minimum Gasteiger partial charge on any atom is -0.349 e. The second kappa shape index (κ2) is 5.82. The lowest BCUT2D eigenvalue weighted by molar-refractivity contribution is 0.0916. The lowest BCUT2D eigenvalue weighted by atomic mass is 9.93. The van der Waals surface area contributed by atoms with Crippen molar-refractivity contribution in [2.75, 3.05) is 0 Å². The van der Waals surface area contributed by atoms with E-state index in [2.05, 4.69) is 10.3 Å². The Morgan fingerprint density at radius 3 is 2.88 bits per heavy atom. The van der Waals surface area contributed by atoms with E-state index < -0.39 is 0 Å². The van der Waals surface area contributed by atoms with Crippen molar-refractivity contribution in [2.24, 2.45) is 5.73 Å². The standard InChI is InChI=1S/C11H15N3O.ClH/c12-7-10-6-8(4-5-13-10)11(15)14-9-2-1-3-9;/h4-6,9H,1-3,7,12H2,(H,14,15);1H. The molecule has 0 saturated heterocycles. The number of carbonyl (C=O) groups excluding carboxylic acids is 1. The molecule has 0 radical (unpaired) electrons. The van der Waals surface area contributed by atoms with Gasteiger partial charge in [-0.2, -0.15) is 0 Å². The Kier molecular flexibility index (Phi) is 4.71. The third-order valence-electron chi connectivity index (χ3n) is 2.73. The number of rotatable bonds is 3. The van der Waals surface area contributed by atoms with Gasteiger partial charge in [-0.3, -0.25) is 9.78 Å². The molecule has 0 aromatic carbocycles. The minimum absolute atomic E-state index is 0. The van der Waals surface area contributed by atoms with Crippen LogP contribution in [0.1, 0.15) is 35.3 Å². The van der Waals surface area contributed by atoms with Crippen LogP contribution in [0.4, 0.5) is 0 Å². The summed E-state index contributed by atoms with van der Waals surface area (Å²) in [5, 5.41) is 2.98. The number of nitrogens with zero attached hydrogens (tertiary/aromatic N) is 1. The molecule has 1 aliphatic carbocycles. The van der Waals surface area contributed by atoms with Gasteiger partial charge in [0.2, 0.25) is 0 Å². The Hall–Kier alpha value is -1.13. The number of amides is 1. The predicted octanol–water partition coefficient (Wildman–Crippen LogP) is 1.24. The van der Waals surface area contributed by atoms with Crippen LogP contribution < -0.4 is 11.1 Å². The van der Waals surface area contributed by atoms with E-state index in [1.165, 1.54) is 6.42 Å². The Bertz CT molecular complexity index is 366. The van der Waals surface area contributed by atoms with Crippen LogP contribution in [0.2, 0.25) is 0 Å². The molecule has 1 aliphatic rings. The number of hydrogen-bond acceptors (Lipinski definition) is 3. The number of halogens is 1. The molecule has 1 amide bonds. The zero-order valence-electron chi connectivity index (χ0n) is 8.98. The number of carbonyl (C=O) groups is 1. The highest BCUT2D eigenvalue weighted by molar-refractivity contribution is 5.94. The highest BCUT2D eigenvalue weighted by atomic mass is 35.5. The molecule has 0 aliphatic heterocycles. The number of hydrogen-bond donors (Lipinski definition) is 2. The summed E-state index contributed by atoms with van der Waals surface area (Å²) in [6.07, 6.45) is 5.04. The fraction of sp³-hybridized carbons (Fsp3) is 0.455. The van der Waals surface area contributed by atoms with Crippen molar-refractivity contribution in [2.45, 2.75) is 31.8 Å². The molecule has 16 heavy (non-hydrogen) atoms. The maximum absolute atomic E-state index is 11.7. The van der Waals surface area contributed by atoms with Gasteiger partial charge in [0.15, 0.2) is 0 Å². The van der Waals surface area contributed by atoms with Gasteiger partial charge in [-0.15, -0.1) is 12.4 Å². The molecule has 5 heteroatoms. The molecule has 1 aromatic rings. The number of nitrogens with one attached hydrogen (secondary N) is 1. The van der Waals surface area contributed by atoms with Crippen LogP contribution >= 0.6 is 12.4 Å². The van der Waals surface area contributed by atoms with E-state index >= 15 is 0 Å². The highest BCUT2D eigenvalue weighted by Gasteiger charge is 2.19. The first-order valence-corrected chi connectivity index (χ1v) is 5.25. The van der Waals surface area contributed by atoms with Crippen LogP contribution in [0, 0.1) is 0 Å². The molecule has 88 valence electrons. The fourth-order valence-electron chi connectivity index (χ4n) is 1.55. The van der Waals surface area contributed by atoms with Crippen molar-refractivity contribution in [3.8, 4) is 0 Å². The molecule has 0 spiro atoms. The van der Waals surface area contributed by atoms with Crippen LogP contribution in [0.15, 0.2) is 18.3 Å². The molecule has 0 atom stereocenters. The van der Waals surface area contributed by atoms with Crippen molar-refractivity contribution in [1.82, 2.24) is 10.3 Å². The molecule has 0 bridgehead atoms. The van der Waals surface area contributed by atoms with Gasteiger partial charge < -0.3 is 11.1 Å². The number of nitrogens with two attached hydrogens (primary N) is 1. The molecular formula is C11H16ClN3O. The highest BCUT2D eigenvalue weighted by Crippen LogP contribution is 2.18. The fourth-order valence-corrected chi connectivity index (χ4v) is 1.55. The van der Waals surface area contributed by atoms with Crippen LogP contribution in [-0.2, 0) is 6.54 Å². The molecule has 3 N–H and O–H groups in total. The maximum atomic E-state index is 11.7. The zero-order valence-corrected chi connectivity index (χ0v) is 9.80. The molecule has 2 rings (SSSR count). The van der Waals surface area contributed by atoms with Gasteiger partial charge >= 0.3 is 0 Å². The number of pyridine rings is 1. The average Bonchev–Trinajstić information content (AvgIpc) is 2.23. The zero-order chi connectivity index (χ0) is 10.7. The van der Waals surface area contributed by atoms with Gasteiger partial charge in [0.25, 0.3) is 5.91 Å². The van der Waals surface area contributed by atoms with Crippen molar-refractivity contribution in [3.05, 3.63) is 29.6 Å². The molecule has 1 saturated carbocycles. The van der Waals surface area contributed by atoms with E-state index in [1.807, 2.05) is 0 Å². The van der Waals surface area contributed by atoms with Crippen molar-refractivity contribution in [1.29, 1.82) is 0 Å². The van der Waals surface area contributed by atoms with Crippen LogP contribution in [0.25, 0.3) is 0 Å². The van der Waals surface area contributed by atoms with Crippen LogP contribution in [0.5, 0.6) is 0 Å². The normalized spacial score (nSPS) is 14.8. The van der Waals surface area contributed by atoms with E-state index in [0.717, 1.165) is 18.5 Å². The maximum Gasteiger partial charge on any atom is 0.251 e. The third kappa shape index (κ3) is 2.93. The third-order valence-corrected chi connectivity index (χ3v) is 2.73. The summed E-state index contributed by atoms with van der Waals surface area (Å²) in [7, 11) is 0. The minimum atomic E-state index is -0.0169. The van der Waals surface area contributed by atoms with Crippen LogP contribution in [-0.4, -0.2) is 16.9 Å². The van der Waals surface area contributed by atoms with Gasteiger partial charge in [0, 0.05) is 24.3 Å². The second-order valence-corrected chi connectivity index (χ2v) is 3.84. The van der Waals surface area contributed by atoms with Gasteiger partial charge in [0.1, 0.15) is 0 Å². The SMILES string of the molecule is Cl.NCc1cc(C(=O)NC2CCC2)ccn1.